The van der Waals surface area contributed by atoms with Gasteiger partial charge in [0.2, 0.25) is 0 Å². The molecule has 0 amide bonds. The summed E-state index contributed by atoms with van der Waals surface area (Å²) in [6, 6.07) is 3.44. The minimum atomic E-state index is 0.00810. The van der Waals surface area contributed by atoms with Crippen molar-refractivity contribution in [1.29, 1.82) is 0 Å². The summed E-state index contributed by atoms with van der Waals surface area (Å²) in [5, 5.41) is 13.7. The molecule has 1 atom stereocenters. The van der Waals surface area contributed by atoms with E-state index in [1.54, 1.807) is 12.1 Å². The normalized spacial score (nSPS) is 21.6. The molecule has 0 spiro atoms. The summed E-state index contributed by atoms with van der Waals surface area (Å²) in [4.78, 5) is 0. The fourth-order valence-corrected chi connectivity index (χ4v) is 2.45. The summed E-state index contributed by atoms with van der Waals surface area (Å²) < 4.78 is 5.95. The van der Waals surface area contributed by atoms with Gasteiger partial charge in [0.25, 0.3) is 0 Å². The van der Waals surface area contributed by atoms with Gasteiger partial charge in [0.05, 0.1) is 23.7 Å². The molecule has 0 bridgehead atoms. The van der Waals surface area contributed by atoms with E-state index in [4.69, 9.17) is 16.3 Å². The van der Waals surface area contributed by atoms with Gasteiger partial charge in [-0.3, -0.25) is 0 Å². The molecule has 3 nitrogen and oxygen atoms in total. The lowest BCUT2D eigenvalue weighted by molar-refractivity contribution is 0.0760. The largest absolute Gasteiger partial charge is 0.506 e. The summed E-state index contributed by atoms with van der Waals surface area (Å²) >= 11 is 9.19. The predicted octanol–water partition coefficient (Wildman–Crippen LogP) is 2.47. The highest BCUT2D eigenvalue weighted by Gasteiger charge is 2.20. The Morgan fingerprint density at radius 2 is 2.33 bits per heavy atom. The predicted molar refractivity (Wildman–Crippen MR) is 62.4 cm³/mol. The molecular weight excluding hydrogens is 281 g/mol. The van der Waals surface area contributed by atoms with Gasteiger partial charge in [0.15, 0.2) is 0 Å². The summed E-state index contributed by atoms with van der Waals surface area (Å²) in [5.41, 5.74) is 0.772. The van der Waals surface area contributed by atoms with Crippen LogP contribution in [0.25, 0.3) is 0 Å². The first-order valence-corrected chi connectivity index (χ1v) is 5.84. The smallest absolute Gasteiger partial charge is 0.134 e. The van der Waals surface area contributed by atoms with Crippen molar-refractivity contribution < 1.29 is 9.84 Å². The fraction of sp³-hybridized carbons (Fsp3) is 0.400. The number of aromatic hydroxyl groups is 1. The zero-order valence-corrected chi connectivity index (χ0v) is 10.3. The molecule has 0 radical (unpaired) electrons. The molecule has 15 heavy (non-hydrogen) atoms. The van der Waals surface area contributed by atoms with Crippen LogP contribution in [-0.4, -0.2) is 24.9 Å². The Hall–Kier alpha value is -0.290. The Kier molecular flexibility index (Phi) is 3.51. The molecule has 5 heteroatoms. The van der Waals surface area contributed by atoms with Crippen LogP contribution in [0.5, 0.6) is 5.75 Å². The van der Waals surface area contributed by atoms with Crippen LogP contribution in [0.1, 0.15) is 11.6 Å². The Morgan fingerprint density at radius 1 is 1.53 bits per heavy atom. The van der Waals surface area contributed by atoms with Crippen LogP contribution in [0.15, 0.2) is 16.6 Å². The van der Waals surface area contributed by atoms with E-state index in [9.17, 15) is 5.11 Å². The first-order valence-electron chi connectivity index (χ1n) is 4.67. The number of phenolic OH excluding ortho intramolecular Hbond substituents is 1. The topological polar surface area (TPSA) is 41.5 Å². The number of benzene rings is 1. The third kappa shape index (κ3) is 2.45. The average Bonchev–Trinajstić information content (AvgIpc) is 2.24. The molecule has 1 fully saturated rings. The van der Waals surface area contributed by atoms with Gasteiger partial charge in [0, 0.05) is 17.1 Å². The van der Waals surface area contributed by atoms with E-state index < -0.39 is 0 Å². The zero-order valence-electron chi connectivity index (χ0n) is 7.96. The summed E-state index contributed by atoms with van der Waals surface area (Å²) in [6.07, 6.45) is 0. The number of phenols is 1. The lowest BCUT2D eigenvalue weighted by Gasteiger charge is -2.25. The van der Waals surface area contributed by atoms with E-state index >= 15 is 0 Å². The van der Waals surface area contributed by atoms with Crippen LogP contribution >= 0.6 is 27.5 Å². The van der Waals surface area contributed by atoms with Gasteiger partial charge in [-0.15, -0.1) is 0 Å². The van der Waals surface area contributed by atoms with Crippen LogP contribution < -0.4 is 5.32 Å². The summed E-state index contributed by atoms with van der Waals surface area (Å²) in [6.45, 7) is 2.05. The third-order valence-corrected chi connectivity index (χ3v) is 3.18. The zero-order chi connectivity index (χ0) is 10.8. The Morgan fingerprint density at radius 3 is 3.00 bits per heavy atom. The number of nitrogens with one attached hydrogen (secondary N) is 1. The molecule has 1 saturated heterocycles. The third-order valence-electron chi connectivity index (χ3n) is 2.35. The highest BCUT2D eigenvalue weighted by atomic mass is 79.9. The standard InChI is InChI=1S/C10H11BrClNO2/c11-8-4-6(12)3-7(10(8)14)9-5-15-2-1-13-9/h3-4,9,13-14H,1-2,5H2/t9-/m1/s1. The van der Waals surface area contributed by atoms with E-state index in [-0.39, 0.29) is 11.8 Å². The Labute approximate surface area is 102 Å². The maximum absolute atomic E-state index is 9.87. The lowest BCUT2D eigenvalue weighted by Crippen LogP contribution is -2.34. The van der Waals surface area contributed by atoms with Gasteiger partial charge < -0.3 is 15.2 Å². The lowest BCUT2D eigenvalue weighted by atomic mass is 10.1. The minimum Gasteiger partial charge on any atom is -0.506 e. The van der Waals surface area contributed by atoms with Gasteiger partial charge in [-0.25, -0.2) is 0 Å². The molecule has 82 valence electrons. The van der Waals surface area contributed by atoms with Crippen LogP contribution in [0, 0.1) is 0 Å². The van der Waals surface area contributed by atoms with Gasteiger partial charge in [-0.1, -0.05) is 11.6 Å². The van der Waals surface area contributed by atoms with Crippen LogP contribution in [0.2, 0.25) is 5.02 Å². The number of morpholine rings is 1. The van der Waals surface area contributed by atoms with E-state index in [0.29, 0.717) is 22.7 Å². The Bertz CT molecular complexity index is 367. The number of hydrogen-bond acceptors (Lipinski definition) is 3. The summed E-state index contributed by atoms with van der Waals surface area (Å²) in [5.74, 6) is 0.224. The van der Waals surface area contributed by atoms with Crippen molar-refractivity contribution >= 4 is 27.5 Å². The number of hydrogen-bond donors (Lipinski definition) is 2. The average molecular weight is 293 g/mol. The fourth-order valence-electron chi connectivity index (χ4n) is 1.62. The monoisotopic (exact) mass is 291 g/mol. The molecule has 1 aromatic rings. The molecule has 0 saturated carbocycles. The summed E-state index contributed by atoms with van der Waals surface area (Å²) in [7, 11) is 0. The molecule has 2 rings (SSSR count). The van der Waals surface area contributed by atoms with E-state index in [1.165, 1.54) is 0 Å². The van der Waals surface area contributed by atoms with Crippen molar-refractivity contribution in [2.75, 3.05) is 19.8 Å². The SMILES string of the molecule is Oc1c(Br)cc(Cl)cc1[C@H]1COCCN1. The molecular formula is C10H11BrClNO2. The molecule has 0 unspecified atom stereocenters. The van der Waals surface area contributed by atoms with Crippen molar-refractivity contribution in [3.63, 3.8) is 0 Å². The highest BCUT2D eigenvalue weighted by molar-refractivity contribution is 9.10. The molecule has 1 aliphatic rings. The van der Waals surface area contributed by atoms with Crippen LogP contribution in [0.3, 0.4) is 0 Å². The molecule has 0 aliphatic carbocycles. The van der Waals surface area contributed by atoms with Crippen molar-refractivity contribution in [2.45, 2.75) is 6.04 Å². The van der Waals surface area contributed by atoms with Crippen molar-refractivity contribution in [3.05, 3.63) is 27.2 Å². The number of rotatable bonds is 1. The number of halogens is 2. The first kappa shape index (κ1) is 11.2. The maximum Gasteiger partial charge on any atom is 0.134 e. The molecule has 1 aliphatic heterocycles. The van der Waals surface area contributed by atoms with Crippen LogP contribution in [-0.2, 0) is 4.74 Å². The van der Waals surface area contributed by atoms with Crippen LogP contribution in [0.4, 0.5) is 0 Å². The van der Waals surface area contributed by atoms with Gasteiger partial charge in [0.1, 0.15) is 5.75 Å². The van der Waals surface area contributed by atoms with Crippen molar-refractivity contribution in [2.24, 2.45) is 0 Å². The van der Waals surface area contributed by atoms with Gasteiger partial charge in [-0.05, 0) is 28.1 Å². The second-order valence-corrected chi connectivity index (χ2v) is 4.70. The minimum absolute atomic E-state index is 0.00810. The Balaban J connectivity index is 2.33. The quantitative estimate of drug-likeness (QED) is 0.835. The van der Waals surface area contributed by atoms with E-state index in [0.717, 1.165) is 12.1 Å². The maximum atomic E-state index is 9.87. The van der Waals surface area contributed by atoms with Gasteiger partial charge in [-0.2, -0.15) is 0 Å². The van der Waals surface area contributed by atoms with Gasteiger partial charge >= 0.3 is 0 Å². The highest BCUT2D eigenvalue weighted by Crippen LogP contribution is 2.35. The van der Waals surface area contributed by atoms with Crippen molar-refractivity contribution in [1.82, 2.24) is 5.32 Å². The first-order chi connectivity index (χ1) is 7.18. The van der Waals surface area contributed by atoms with E-state index in [2.05, 4.69) is 21.2 Å². The second-order valence-electron chi connectivity index (χ2n) is 3.41. The van der Waals surface area contributed by atoms with Crippen molar-refractivity contribution in [3.8, 4) is 5.75 Å². The molecule has 1 heterocycles. The second kappa shape index (κ2) is 4.70. The van der Waals surface area contributed by atoms with E-state index in [1.807, 2.05) is 0 Å². The molecule has 0 aromatic heterocycles. The molecule has 2 N–H and O–H groups in total. The molecule has 1 aromatic carbocycles. The number of ether oxygens (including phenoxy) is 1.